The van der Waals surface area contributed by atoms with Crippen LogP contribution in [0.4, 0.5) is 5.69 Å². The third kappa shape index (κ3) is 4.30. The Balaban J connectivity index is 1.37. The van der Waals surface area contributed by atoms with Crippen LogP contribution >= 0.6 is 0 Å². The molecule has 2 aliphatic rings. The van der Waals surface area contributed by atoms with Gasteiger partial charge in [-0.3, -0.25) is 9.78 Å². The molecule has 0 saturated carbocycles. The fourth-order valence-corrected chi connectivity index (χ4v) is 4.74. The molecule has 2 aromatic carbocycles. The van der Waals surface area contributed by atoms with Crippen molar-refractivity contribution in [2.75, 3.05) is 18.7 Å². The average Bonchev–Trinajstić information content (AvgIpc) is 3.28. The molecule has 1 aromatic heterocycles. The molecule has 1 aliphatic heterocycles. The fourth-order valence-electron chi connectivity index (χ4n) is 4.74. The van der Waals surface area contributed by atoms with Crippen LogP contribution in [-0.2, 0) is 22.4 Å². The van der Waals surface area contributed by atoms with Gasteiger partial charge < -0.3 is 19.5 Å². The molecule has 1 aliphatic carbocycles. The Bertz CT molecular complexity index is 1280. The van der Waals surface area contributed by atoms with Gasteiger partial charge >= 0.3 is 5.97 Å². The molecule has 0 bridgehead atoms. The minimum absolute atomic E-state index is 0.120. The van der Waals surface area contributed by atoms with Crippen LogP contribution in [0.1, 0.15) is 48.8 Å². The van der Waals surface area contributed by atoms with E-state index in [9.17, 15) is 9.59 Å². The van der Waals surface area contributed by atoms with E-state index >= 15 is 0 Å². The van der Waals surface area contributed by atoms with Crippen molar-refractivity contribution in [1.82, 2.24) is 4.98 Å². The predicted octanol–water partition coefficient (Wildman–Crippen LogP) is 4.91. The molecule has 3 aromatic rings. The van der Waals surface area contributed by atoms with Gasteiger partial charge in [-0.2, -0.15) is 0 Å². The van der Waals surface area contributed by atoms with E-state index in [4.69, 9.17) is 19.2 Å². The molecule has 1 atom stereocenters. The number of hydrogen-bond acceptors (Lipinski definition) is 6. The largest absolute Gasteiger partial charge is 0.454 e. The van der Waals surface area contributed by atoms with Crippen LogP contribution in [0.2, 0.25) is 0 Å². The molecule has 176 valence electrons. The molecule has 1 amide bonds. The van der Waals surface area contributed by atoms with Gasteiger partial charge in [-0.25, -0.2) is 4.79 Å². The summed E-state index contributed by atoms with van der Waals surface area (Å²) >= 11 is 0. The molecule has 1 N–H and O–H groups in total. The van der Waals surface area contributed by atoms with E-state index < -0.39 is 11.9 Å². The highest BCUT2D eigenvalue weighted by atomic mass is 16.7. The van der Waals surface area contributed by atoms with Gasteiger partial charge in [0.1, 0.15) is 0 Å². The second-order valence-electron chi connectivity index (χ2n) is 9.93. The highest BCUT2D eigenvalue weighted by molar-refractivity contribution is 6.06. The zero-order valence-electron chi connectivity index (χ0n) is 19.6. The number of nitrogens with one attached hydrogen (secondary N) is 1. The van der Waals surface area contributed by atoms with Crippen molar-refractivity contribution in [1.29, 1.82) is 0 Å². The quantitative estimate of drug-likeness (QED) is 0.557. The van der Waals surface area contributed by atoms with Crippen molar-refractivity contribution in [2.45, 2.75) is 40.0 Å². The van der Waals surface area contributed by atoms with Crippen LogP contribution in [-0.4, -0.2) is 30.3 Å². The number of anilines is 1. The van der Waals surface area contributed by atoms with Crippen molar-refractivity contribution >= 4 is 28.5 Å². The lowest BCUT2D eigenvalue weighted by Crippen LogP contribution is -2.29. The topological polar surface area (TPSA) is 86.8 Å². The summed E-state index contributed by atoms with van der Waals surface area (Å²) in [7, 11) is 0. The lowest BCUT2D eigenvalue weighted by Gasteiger charge is -2.35. The molecule has 0 radical (unpaired) electrons. The standard InChI is InChI=1S/C27H28N2O5/c1-27(2,3)16-8-10-21-19(12-16)25(18-6-4-5-7-20(18)29-21)26(31)32-14-24(30)28-17-9-11-22-23(13-17)34-15-33-22/h4-7,9,11,13,16H,8,10,12,14-15H2,1-3H3,(H,28,30). The lowest BCUT2D eigenvalue weighted by atomic mass is 9.70. The van der Waals surface area contributed by atoms with Crippen LogP contribution in [0, 0.1) is 11.3 Å². The first-order valence-electron chi connectivity index (χ1n) is 11.6. The van der Waals surface area contributed by atoms with E-state index in [1.807, 2.05) is 24.3 Å². The summed E-state index contributed by atoms with van der Waals surface area (Å²) in [5.74, 6) is 0.714. The summed E-state index contributed by atoms with van der Waals surface area (Å²) < 4.78 is 16.1. The van der Waals surface area contributed by atoms with Gasteiger partial charge in [0.2, 0.25) is 6.79 Å². The number of aryl methyl sites for hydroxylation is 1. The Morgan fingerprint density at radius 3 is 2.74 bits per heavy atom. The van der Waals surface area contributed by atoms with E-state index in [1.165, 1.54) is 0 Å². The Hall–Kier alpha value is -3.61. The SMILES string of the molecule is CC(C)(C)C1CCc2nc3ccccc3c(C(=O)OCC(=O)Nc3ccc4c(c3)OCO4)c2C1. The highest BCUT2D eigenvalue weighted by Crippen LogP contribution is 2.39. The summed E-state index contributed by atoms with van der Waals surface area (Å²) in [5.41, 5.74) is 3.87. The summed E-state index contributed by atoms with van der Waals surface area (Å²) in [5, 5.41) is 3.50. The average molecular weight is 461 g/mol. The van der Waals surface area contributed by atoms with Crippen LogP contribution in [0.25, 0.3) is 10.9 Å². The summed E-state index contributed by atoms with van der Waals surface area (Å²) in [6, 6.07) is 12.7. The van der Waals surface area contributed by atoms with E-state index in [0.717, 1.165) is 41.4 Å². The number of amides is 1. The molecular weight excluding hydrogens is 432 g/mol. The Morgan fingerprint density at radius 2 is 1.91 bits per heavy atom. The number of benzene rings is 2. The second-order valence-corrected chi connectivity index (χ2v) is 9.93. The van der Waals surface area contributed by atoms with Crippen molar-refractivity contribution in [2.24, 2.45) is 11.3 Å². The zero-order valence-corrected chi connectivity index (χ0v) is 19.6. The molecular formula is C27H28N2O5. The smallest absolute Gasteiger partial charge is 0.339 e. The van der Waals surface area contributed by atoms with Crippen molar-refractivity contribution in [3.63, 3.8) is 0 Å². The van der Waals surface area contributed by atoms with Gasteiger partial charge in [-0.15, -0.1) is 0 Å². The summed E-state index contributed by atoms with van der Waals surface area (Å²) in [6.07, 6.45) is 2.63. The third-order valence-corrected chi connectivity index (χ3v) is 6.68. The summed E-state index contributed by atoms with van der Waals surface area (Å²) in [4.78, 5) is 30.7. The number of carbonyl (C=O) groups is 2. The van der Waals surface area contributed by atoms with Crippen molar-refractivity contribution in [3.05, 3.63) is 59.3 Å². The van der Waals surface area contributed by atoms with Crippen LogP contribution in [0.5, 0.6) is 11.5 Å². The number of carbonyl (C=O) groups excluding carboxylic acids is 2. The number of aromatic nitrogens is 1. The highest BCUT2D eigenvalue weighted by Gasteiger charge is 2.33. The maximum Gasteiger partial charge on any atom is 0.339 e. The minimum atomic E-state index is -0.495. The Kier molecular flexibility index (Phi) is 5.63. The number of para-hydroxylation sites is 1. The van der Waals surface area contributed by atoms with Crippen LogP contribution in [0.15, 0.2) is 42.5 Å². The van der Waals surface area contributed by atoms with Gasteiger partial charge in [-0.05, 0) is 54.4 Å². The third-order valence-electron chi connectivity index (χ3n) is 6.68. The van der Waals surface area contributed by atoms with E-state index in [1.54, 1.807) is 18.2 Å². The fraction of sp³-hybridized carbons (Fsp3) is 0.370. The van der Waals surface area contributed by atoms with E-state index in [2.05, 4.69) is 26.1 Å². The lowest BCUT2D eigenvalue weighted by molar-refractivity contribution is -0.119. The molecule has 0 spiro atoms. The Morgan fingerprint density at radius 1 is 1.12 bits per heavy atom. The van der Waals surface area contributed by atoms with Gasteiger partial charge in [-0.1, -0.05) is 39.0 Å². The molecule has 0 saturated heterocycles. The first-order chi connectivity index (χ1) is 16.3. The molecule has 2 heterocycles. The van der Waals surface area contributed by atoms with Gasteiger partial charge in [0.15, 0.2) is 18.1 Å². The van der Waals surface area contributed by atoms with Crippen molar-refractivity contribution in [3.8, 4) is 11.5 Å². The molecule has 1 unspecified atom stereocenters. The van der Waals surface area contributed by atoms with E-state index in [-0.39, 0.29) is 18.8 Å². The van der Waals surface area contributed by atoms with Crippen LogP contribution < -0.4 is 14.8 Å². The zero-order chi connectivity index (χ0) is 23.9. The molecule has 0 fully saturated rings. The monoisotopic (exact) mass is 460 g/mol. The number of fused-ring (bicyclic) bond motifs is 3. The normalized spacial score (nSPS) is 16.7. The maximum absolute atomic E-state index is 13.3. The number of nitrogens with zero attached hydrogens (tertiary/aromatic N) is 1. The molecule has 7 nitrogen and oxygen atoms in total. The van der Waals surface area contributed by atoms with Crippen molar-refractivity contribution < 1.29 is 23.8 Å². The van der Waals surface area contributed by atoms with Crippen LogP contribution in [0.3, 0.4) is 0 Å². The Labute approximate surface area is 198 Å². The second kappa shape index (κ2) is 8.63. The maximum atomic E-state index is 13.3. The molecule has 34 heavy (non-hydrogen) atoms. The predicted molar refractivity (Wildman–Crippen MR) is 128 cm³/mol. The van der Waals surface area contributed by atoms with Gasteiger partial charge in [0.05, 0.1) is 11.1 Å². The van der Waals surface area contributed by atoms with Gasteiger partial charge in [0.25, 0.3) is 5.91 Å². The molecule has 7 heteroatoms. The number of esters is 1. The van der Waals surface area contributed by atoms with E-state index in [0.29, 0.717) is 28.7 Å². The minimum Gasteiger partial charge on any atom is -0.454 e. The van der Waals surface area contributed by atoms with Gasteiger partial charge in [0, 0.05) is 22.8 Å². The number of ether oxygens (including phenoxy) is 3. The molecule has 5 rings (SSSR count). The first kappa shape index (κ1) is 22.2. The number of pyridine rings is 1. The number of hydrogen-bond donors (Lipinski definition) is 1. The first-order valence-corrected chi connectivity index (χ1v) is 11.6. The number of rotatable bonds is 4. The summed E-state index contributed by atoms with van der Waals surface area (Å²) in [6.45, 7) is 6.47.